The zero-order valence-corrected chi connectivity index (χ0v) is 19.2. The number of nitrogens with zero attached hydrogens (tertiary/aromatic N) is 1. The molecule has 6 heteroatoms. The van der Waals surface area contributed by atoms with Crippen molar-refractivity contribution in [3.8, 4) is 5.75 Å². The number of carbonyl (C=O) groups is 2. The molecular weight excluding hydrogens is 408 g/mol. The van der Waals surface area contributed by atoms with Gasteiger partial charge in [0.15, 0.2) is 0 Å². The third-order valence-corrected chi connectivity index (χ3v) is 6.68. The van der Waals surface area contributed by atoms with E-state index in [1.807, 2.05) is 49.4 Å². The smallest absolute Gasteiger partial charge is 0.242 e. The van der Waals surface area contributed by atoms with E-state index in [-0.39, 0.29) is 17.9 Å². The quantitative estimate of drug-likeness (QED) is 0.595. The van der Waals surface area contributed by atoms with Crippen LogP contribution in [0.1, 0.15) is 43.7 Å². The average molecular weight is 441 g/mol. The van der Waals surface area contributed by atoms with Crippen molar-refractivity contribution >= 4 is 23.6 Å². The Balaban J connectivity index is 1.67. The highest BCUT2D eigenvalue weighted by molar-refractivity contribution is 7.99. The number of benzene rings is 2. The summed E-state index contributed by atoms with van der Waals surface area (Å²) < 4.78 is 5.32. The van der Waals surface area contributed by atoms with E-state index in [1.54, 1.807) is 23.8 Å². The number of hydrogen-bond donors (Lipinski definition) is 1. The molecule has 2 aromatic carbocycles. The Morgan fingerprint density at radius 1 is 1.10 bits per heavy atom. The van der Waals surface area contributed by atoms with Crippen molar-refractivity contribution in [1.82, 2.24) is 10.2 Å². The molecule has 0 aromatic heterocycles. The minimum atomic E-state index is -0.531. The number of methoxy groups -OCH3 is 1. The first-order valence-corrected chi connectivity index (χ1v) is 12.1. The predicted octanol–water partition coefficient (Wildman–Crippen LogP) is 4.40. The molecule has 0 radical (unpaired) electrons. The van der Waals surface area contributed by atoms with E-state index in [0.717, 1.165) is 42.7 Å². The summed E-state index contributed by atoms with van der Waals surface area (Å²) in [4.78, 5) is 27.8. The Kier molecular flexibility index (Phi) is 8.83. The Morgan fingerprint density at radius 3 is 2.52 bits per heavy atom. The van der Waals surface area contributed by atoms with Gasteiger partial charge in [0.2, 0.25) is 11.8 Å². The van der Waals surface area contributed by atoms with Crippen LogP contribution in [0.3, 0.4) is 0 Å². The van der Waals surface area contributed by atoms with Crippen molar-refractivity contribution in [3.63, 3.8) is 0 Å². The van der Waals surface area contributed by atoms with Crippen LogP contribution in [0.25, 0.3) is 0 Å². The maximum atomic E-state index is 13.2. The van der Waals surface area contributed by atoms with Crippen molar-refractivity contribution in [1.29, 1.82) is 0 Å². The maximum absolute atomic E-state index is 13.2. The minimum absolute atomic E-state index is 0.0298. The second-order valence-corrected chi connectivity index (χ2v) is 9.00. The van der Waals surface area contributed by atoms with Crippen LogP contribution in [-0.4, -0.2) is 41.7 Å². The zero-order chi connectivity index (χ0) is 22.1. The molecule has 31 heavy (non-hydrogen) atoms. The van der Waals surface area contributed by atoms with E-state index in [1.165, 1.54) is 5.56 Å². The van der Waals surface area contributed by atoms with Crippen LogP contribution in [0.5, 0.6) is 5.75 Å². The van der Waals surface area contributed by atoms with Gasteiger partial charge in [-0.15, -0.1) is 11.8 Å². The number of nitrogens with one attached hydrogen (secondary N) is 1. The maximum Gasteiger partial charge on any atom is 0.242 e. The van der Waals surface area contributed by atoms with Gasteiger partial charge in [0.05, 0.1) is 12.9 Å². The molecule has 166 valence electrons. The Hall–Kier alpha value is -2.47. The van der Waals surface area contributed by atoms with Crippen molar-refractivity contribution in [2.45, 2.75) is 57.0 Å². The van der Waals surface area contributed by atoms with E-state index in [9.17, 15) is 9.59 Å². The first kappa shape index (κ1) is 23.2. The lowest BCUT2D eigenvalue weighted by atomic mass is 10.1. The number of hydrogen-bond acceptors (Lipinski definition) is 4. The number of amides is 2. The first-order valence-electron chi connectivity index (χ1n) is 10.9. The molecule has 1 fully saturated rings. The van der Waals surface area contributed by atoms with Gasteiger partial charge in [-0.1, -0.05) is 55.3 Å². The monoisotopic (exact) mass is 440 g/mol. The Bertz CT molecular complexity index is 853. The summed E-state index contributed by atoms with van der Waals surface area (Å²) in [6, 6.07) is 17.5. The molecule has 2 amide bonds. The van der Waals surface area contributed by atoms with E-state index < -0.39 is 6.04 Å². The molecule has 1 unspecified atom stereocenters. The summed E-state index contributed by atoms with van der Waals surface area (Å²) in [5.41, 5.74) is 2.13. The lowest BCUT2D eigenvalue weighted by Gasteiger charge is -2.29. The third-order valence-electron chi connectivity index (χ3n) is 5.69. The van der Waals surface area contributed by atoms with Crippen LogP contribution in [-0.2, 0) is 21.9 Å². The second-order valence-electron chi connectivity index (χ2n) is 8.02. The van der Waals surface area contributed by atoms with Crippen molar-refractivity contribution in [2.75, 3.05) is 12.9 Å². The second kappa shape index (κ2) is 11.8. The van der Waals surface area contributed by atoms with E-state index >= 15 is 0 Å². The number of thioether (sulfide) groups is 1. The van der Waals surface area contributed by atoms with Crippen LogP contribution in [0.4, 0.5) is 0 Å². The average Bonchev–Trinajstić information content (AvgIpc) is 3.30. The molecule has 1 aliphatic rings. The van der Waals surface area contributed by atoms with Crippen molar-refractivity contribution in [2.24, 2.45) is 0 Å². The predicted molar refractivity (Wildman–Crippen MR) is 126 cm³/mol. The molecule has 1 N–H and O–H groups in total. The third kappa shape index (κ3) is 7.03. The number of ether oxygens (including phenoxy) is 1. The standard InChI is InChI=1S/C25H32N2O3S/c1-19(25(29)26-22-12-6-7-13-22)27(16-21-11-8-14-23(15-21)30-2)24(28)18-31-17-20-9-4-3-5-10-20/h3-5,8-11,14-15,19,22H,6-7,12-13,16-18H2,1-2H3,(H,26,29). The first-order chi connectivity index (χ1) is 15.1. The fourth-order valence-electron chi connectivity index (χ4n) is 3.86. The van der Waals surface area contributed by atoms with E-state index in [0.29, 0.717) is 12.3 Å². The molecule has 0 saturated heterocycles. The molecule has 0 spiro atoms. The Morgan fingerprint density at radius 2 is 1.81 bits per heavy atom. The summed E-state index contributed by atoms with van der Waals surface area (Å²) in [5, 5.41) is 3.14. The van der Waals surface area contributed by atoms with Gasteiger partial charge in [-0.3, -0.25) is 9.59 Å². The summed E-state index contributed by atoms with van der Waals surface area (Å²) in [7, 11) is 1.62. The molecule has 1 aliphatic carbocycles. The summed E-state index contributed by atoms with van der Waals surface area (Å²) >= 11 is 1.58. The van der Waals surface area contributed by atoms with Crippen LogP contribution < -0.4 is 10.1 Å². The normalized spacial score (nSPS) is 14.8. The summed E-state index contributed by atoms with van der Waals surface area (Å²) in [6.07, 6.45) is 4.36. The molecule has 1 saturated carbocycles. The van der Waals surface area contributed by atoms with Gasteiger partial charge >= 0.3 is 0 Å². The van der Waals surface area contributed by atoms with Crippen LogP contribution in [0.2, 0.25) is 0 Å². The molecule has 0 aliphatic heterocycles. The van der Waals surface area contributed by atoms with Gasteiger partial charge in [-0.05, 0) is 43.0 Å². The van der Waals surface area contributed by atoms with Gasteiger partial charge in [0.25, 0.3) is 0 Å². The Labute approximate surface area is 189 Å². The van der Waals surface area contributed by atoms with Gasteiger partial charge < -0.3 is 15.0 Å². The lowest BCUT2D eigenvalue weighted by molar-refractivity contribution is -0.138. The topological polar surface area (TPSA) is 58.6 Å². The van der Waals surface area contributed by atoms with E-state index in [4.69, 9.17) is 4.74 Å². The molecule has 0 bridgehead atoms. The molecule has 1 atom stereocenters. The highest BCUT2D eigenvalue weighted by Crippen LogP contribution is 2.20. The van der Waals surface area contributed by atoms with Gasteiger partial charge in [0.1, 0.15) is 11.8 Å². The largest absolute Gasteiger partial charge is 0.497 e. The van der Waals surface area contributed by atoms with Crippen molar-refractivity contribution < 1.29 is 14.3 Å². The lowest BCUT2D eigenvalue weighted by Crippen LogP contribution is -2.50. The van der Waals surface area contributed by atoms with Crippen LogP contribution in [0.15, 0.2) is 54.6 Å². The highest BCUT2D eigenvalue weighted by Gasteiger charge is 2.28. The molecular formula is C25H32N2O3S. The number of carbonyl (C=O) groups excluding carboxylic acids is 2. The summed E-state index contributed by atoms with van der Waals surface area (Å²) in [5.74, 6) is 1.74. The van der Waals surface area contributed by atoms with Gasteiger partial charge in [-0.2, -0.15) is 0 Å². The number of rotatable bonds is 10. The molecule has 3 rings (SSSR count). The van der Waals surface area contributed by atoms with Crippen molar-refractivity contribution in [3.05, 3.63) is 65.7 Å². The molecule has 5 nitrogen and oxygen atoms in total. The fraction of sp³-hybridized carbons (Fsp3) is 0.440. The summed E-state index contributed by atoms with van der Waals surface area (Å²) in [6.45, 7) is 2.20. The fourth-order valence-corrected chi connectivity index (χ4v) is 4.73. The molecule has 0 heterocycles. The van der Waals surface area contributed by atoms with E-state index in [2.05, 4.69) is 17.4 Å². The highest BCUT2D eigenvalue weighted by atomic mass is 32.2. The zero-order valence-electron chi connectivity index (χ0n) is 18.4. The van der Waals surface area contributed by atoms with Gasteiger partial charge in [0, 0.05) is 18.3 Å². The molecule has 2 aromatic rings. The van der Waals surface area contributed by atoms with Crippen LogP contribution >= 0.6 is 11.8 Å². The SMILES string of the molecule is COc1cccc(CN(C(=O)CSCc2ccccc2)C(C)C(=O)NC2CCCC2)c1. The minimum Gasteiger partial charge on any atom is -0.497 e. The van der Waals surface area contributed by atoms with Gasteiger partial charge in [-0.25, -0.2) is 0 Å². The van der Waals surface area contributed by atoms with Crippen LogP contribution in [0, 0.1) is 0 Å².